The van der Waals surface area contributed by atoms with E-state index in [0.717, 1.165) is 15.7 Å². The number of benzene rings is 1. The third kappa shape index (κ3) is 2.68. The van der Waals surface area contributed by atoms with Crippen molar-refractivity contribution in [3.63, 3.8) is 0 Å². The van der Waals surface area contributed by atoms with Crippen LogP contribution in [-0.4, -0.2) is 9.97 Å². The molecule has 0 aliphatic carbocycles. The zero-order valence-corrected chi connectivity index (χ0v) is 11.4. The molecule has 0 amide bonds. The van der Waals surface area contributed by atoms with Gasteiger partial charge < -0.3 is 11.1 Å². The van der Waals surface area contributed by atoms with E-state index in [1.165, 1.54) is 0 Å². The largest absolute Gasteiger partial charge is 0.368 e. The van der Waals surface area contributed by atoms with Gasteiger partial charge in [0.1, 0.15) is 5.82 Å². The van der Waals surface area contributed by atoms with Gasteiger partial charge in [-0.2, -0.15) is 4.98 Å². The first-order valence-corrected chi connectivity index (χ1v) is 6.05. The van der Waals surface area contributed by atoms with E-state index >= 15 is 0 Å². The van der Waals surface area contributed by atoms with Crippen LogP contribution in [0.15, 0.2) is 28.9 Å². The van der Waals surface area contributed by atoms with Crippen molar-refractivity contribution in [1.29, 1.82) is 0 Å². The Balaban J connectivity index is 2.38. The van der Waals surface area contributed by atoms with Gasteiger partial charge in [0, 0.05) is 11.8 Å². The molecule has 1 aromatic carbocycles. The van der Waals surface area contributed by atoms with E-state index in [2.05, 4.69) is 31.2 Å². The van der Waals surface area contributed by atoms with Crippen molar-refractivity contribution in [1.82, 2.24) is 9.97 Å². The van der Waals surface area contributed by atoms with Crippen molar-refractivity contribution in [2.45, 2.75) is 6.92 Å². The van der Waals surface area contributed by atoms with Gasteiger partial charge in [-0.3, -0.25) is 0 Å². The summed E-state index contributed by atoms with van der Waals surface area (Å²) in [6.07, 6.45) is 1.67. The van der Waals surface area contributed by atoms with E-state index in [4.69, 9.17) is 17.3 Å². The fourth-order valence-electron chi connectivity index (χ4n) is 1.31. The molecule has 0 fully saturated rings. The Morgan fingerprint density at radius 3 is 2.94 bits per heavy atom. The molecule has 0 unspecified atom stereocenters. The van der Waals surface area contributed by atoms with Crippen LogP contribution < -0.4 is 11.1 Å². The minimum absolute atomic E-state index is 0.233. The van der Waals surface area contributed by atoms with Gasteiger partial charge in [0.2, 0.25) is 5.95 Å². The number of hydrogen-bond donors (Lipinski definition) is 2. The average molecular weight is 314 g/mol. The fraction of sp³-hybridized carbons (Fsp3) is 0.0909. The maximum absolute atomic E-state index is 6.01. The van der Waals surface area contributed by atoms with Gasteiger partial charge in [-0.1, -0.05) is 17.7 Å². The first kappa shape index (κ1) is 12.1. The van der Waals surface area contributed by atoms with Crippen molar-refractivity contribution in [2.75, 3.05) is 11.1 Å². The molecular formula is C11H10BrClN4. The van der Waals surface area contributed by atoms with Gasteiger partial charge in [-0.05, 0) is 35.0 Å². The first-order chi connectivity index (χ1) is 8.08. The molecule has 3 N–H and O–H groups in total. The Hall–Kier alpha value is -1.33. The van der Waals surface area contributed by atoms with Crippen LogP contribution in [0.4, 0.5) is 17.5 Å². The van der Waals surface area contributed by atoms with E-state index in [1.807, 2.05) is 19.1 Å². The van der Waals surface area contributed by atoms with E-state index in [0.29, 0.717) is 10.8 Å². The van der Waals surface area contributed by atoms with E-state index < -0.39 is 0 Å². The Kier molecular flexibility index (Phi) is 3.49. The van der Waals surface area contributed by atoms with Crippen LogP contribution in [0.3, 0.4) is 0 Å². The SMILES string of the molecule is Cc1cnc(N)nc1Nc1cccc(Cl)c1Br. The minimum Gasteiger partial charge on any atom is -0.368 e. The zero-order valence-electron chi connectivity index (χ0n) is 9.04. The minimum atomic E-state index is 0.233. The standard InChI is InChI=1S/C11H10BrClN4/c1-6-5-15-11(14)17-10(6)16-8-4-2-3-7(13)9(8)12/h2-5H,1H3,(H3,14,15,16,17). The lowest BCUT2D eigenvalue weighted by atomic mass is 10.3. The predicted octanol–water partition coefficient (Wildman–Crippen LogP) is 3.53. The normalized spacial score (nSPS) is 10.3. The van der Waals surface area contributed by atoms with Gasteiger partial charge in [-0.15, -0.1) is 0 Å². The molecule has 0 saturated heterocycles. The molecule has 0 bridgehead atoms. The Bertz CT molecular complexity index is 559. The molecule has 1 heterocycles. The molecule has 6 heteroatoms. The van der Waals surface area contributed by atoms with Crippen molar-refractivity contribution >= 4 is 45.0 Å². The second-order valence-corrected chi connectivity index (χ2v) is 4.69. The number of nitrogens with zero attached hydrogens (tertiary/aromatic N) is 2. The van der Waals surface area contributed by atoms with Crippen LogP contribution in [0.5, 0.6) is 0 Å². The molecule has 0 radical (unpaired) electrons. The fourth-order valence-corrected chi connectivity index (χ4v) is 1.85. The highest BCUT2D eigenvalue weighted by atomic mass is 79.9. The Morgan fingerprint density at radius 2 is 2.18 bits per heavy atom. The average Bonchev–Trinajstić information content (AvgIpc) is 2.30. The number of rotatable bonds is 2. The number of hydrogen-bond acceptors (Lipinski definition) is 4. The second-order valence-electron chi connectivity index (χ2n) is 3.49. The number of aryl methyl sites for hydroxylation is 1. The van der Waals surface area contributed by atoms with E-state index in [-0.39, 0.29) is 5.95 Å². The summed E-state index contributed by atoms with van der Waals surface area (Å²) in [5.41, 5.74) is 7.29. The molecule has 1 aromatic heterocycles. The first-order valence-electron chi connectivity index (χ1n) is 4.88. The third-order valence-corrected chi connectivity index (χ3v) is 3.59. The molecule has 0 aliphatic heterocycles. The van der Waals surface area contributed by atoms with Crippen molar-refractivity contribution in [3.8, 4) is 0 Å². The summed E-state index contributed by atoms with van der Waals surface area (Å²) in [6.45, 7) is 1.90. The van der Waals surface area contributed by atoms with Gasteiger partial charge >= 0.3 is 0 Å². The molecule has 17 heavy (non-hydrogen) atoms. The van der Waals surface area contributed by atoms with Gasteiger partial charge in [0.25, 0.3) is 0 Å². The van der Waals surface area contributed by atoms with Crippen LogP contribution in [0.1, 0.15) is 5.56 Å². The summed E-state index contributed by atoms with van der Waals surface area (Å²) in [5.74, 6) is 0.900. The summed E-state index contributed by atoms with van der Waals surface area (Å²) in [7, 11) is 0. The molecule has 2 rings (SSSR count). The predicted molar refractivity (Wildman–Crippen MR) is 73.6 cm³/mol. The zero-order chi connectivity index (χ0) is 12.4. The Labute approximate surface area is 112 Å². The van der Waals surface area contributed by atoms with Gasteiger partial charge in [-0.25, -0.2) is 4.98 Å². The number of anilines is 3. The van der Waals surface area contributed by atoms with Crippen LogP contribution in [0.25, 0.3) is 0 Å². The number of aromatic nitrogens is 2. The summed E-state index contributed by atoms with van der Waals surface area (Å²) >= 11 is 9.42. The molecule has 0 aliphatic rings. The summed E-state index contributed by atoms with van der Waals surface area (Å²) in [4.78, 5) is 8.04. The third-order valence-electron chi connectivity index (χ3n) is 2.20. The van der Waals surface area contributed by atoms with E-state index in [1.54, 1.807) is 12.3 Å². The van der Waals surface area contributed by atoms with Gasteiger partial charge in [0.05, 0.1) is 15.2 Å². The van der Waals surface area contributed by atoms with E-state index in [9.17, 15) is 0 Å². The molecular weight excluding hydrogens is 304 g/mol. The lowest BCUT2D eigenvalue weighted by Crippen LogP contribution is -2.02. The molecule has 2 aromatic rings. The maximum Gasteiger partial charge on any atom is 0.221 e. The van der Waals surface area contributed by atoms with Crippen molar-refractivity contribution < 1.29 is 0 Å². The second kappa shape index (κ2) is 4.89. The number of nitrogens with one attached hydrogen (secondary N) is 1. The summed E-state index contributed by atoms with van der Waals surface area (Å²) < 4.78 is 0.790. The topological polar surface area (TPSA) is 63.8 Å². The molecule has 0 atom stereocenters. The van der Waals surface area contributed by atoms with Crippen LogP contribution >= 0.6 is 27.5 Å². The molecule has 0 spiro atoms. The lowest BCUT2D eigenvalue weighted by molar-refractivity contribution is 1.15. The Morgan fingerprint density at radius 1 is 1.41 bits per heavy atom. The number of halogens is 2. The van der Waals surface area contributed by atoms with Crippen molar-refractivity contribution in [2.24, 2.45) is 0 Å². The van der Waals surface area contributed by atoms with Gasteiger partial charge in [0.15, 0.2) is 0 Å². The van der Waals surface area contributed by atoms with Crippen LogP contribution in [-0.2, 0) is 0 Å². The molecule has 0 saturated carbocycles. The lowest BCUT2D eigenvalue weighted by Gasteiger charge is -2.10. The smallest absolute Gasteiger partial charge is 0.221 e. The van der Waals surface area contributed by atoms with Crippen LogP contribution in [0.2, 0.25) is 5.02 Å². The number of nitrogens with two attached hydrogens (primary N) is 1. The quantitative estimate of drug-likeness (QED) is 0.890. The number of nitrogen functional groups attached to an aromatic ring is 1. The molecule has 88 valence electrons. The summed E-state index contributed by atoms with van der Waals surface area (Å²) in [6, 6.07) is 5.56. The monoisotopic (exact) mass is 312 g/mol. The van der Waals surface area contributed by atoms with Crippen LogP contribution in [0, 0.1) is 6.92 Å². The highest BCUT2D eigenvalue weighted by molar-refractivity contribution is 9.10. The molecule has 4 nitrogen and oxygen atoms in total. The summed E-state index contributed by atoms with van der Waals surface area (Å²) in [5, 5.41) is 3.79. The highest BCUT2D eigenvalue weighted by Gasteiger charge is 2.07. The van der Waals surface area contributed by atoms with Crippen molar-refractivity contribution in [3.05, 3.63) is 39.5 Å². The highest BCUT2D eigenvalue weighted by Crippen LogP contribution is 2.32. The maximum atomic E-state index is 6.01.